The van der Waals surface area contributed by atoms with Crippen LogP contribution >= 0.6 is 0 Å². The van der Waals surface area contributed by atoms with Crippen molar-refractivity contribution in [3.63, 3.8) is 0 Å². The van der Waals surface area contributed by atoms with E-state index >= 15 is 0 Å². The fraction of sp³-hybridized carbons (Fsp3) is 0.500. The molecule has 1 aliphatic heterocycles. The zero-order valence-corrected chi connectivity index (χ0v) is 10.0. The first-order chi connectivity index (χ1) is 8.77. The van der Waals surface area contributed by atoms with Crippen LogP contribution in [-0.2, 0) is 16.0 Å². The molecule has 1 heterocycles. The van der Waals surface area contributed by atoms with E-state index in [-0.39, 0.29) is 16.7 Å². The predicted molar refractivity (Wildman–Crippen MR) is 65.4 cm³/mol. The first-order valence-corrected chi connectivity index (χ1v) is 5.89. The van der Waals surface area contributed by atoms with Gasteiger partial charge in [0.1, 0.15) is 0 Å². The lowest BCUT2D eigenvalue weighted by Gasteiger charge is -2.23. The summed E-state index contributed by atoms with van der Waals surface area (Å²) in [7, 11) is 0. The fourth-order valence-electron chi connectivity index (χ4n) is 1.86. The van der Waals surface area contributed by atoms with Gasteiger partial charge in [0.25, 0.3) is 5.69 Å². The molecule has 1 saturated heterocycles. The minimum absolute atomic E-state index is 0.0292. The van der Waals surface area contributed by atoms with Gasteiger partial charge in [-0.15, -0.1) is 0 Å². The Morgan fingerprint density at radius 3 is 2.94 bits per heavy atom. The van der Waals surface area contributed by atoms with Gasteiger partial charge in [0.05, 0.1) is 30.8 Å². The van der Waals surface area contributed by atoms with E-state index in [0.717, 1.165) is 0 Å². The van der Waals surface area contributed by atoms with E-state index in [1.807, 2.05) is 0 Å². The Morgan fingerprint density at radius 1 is 1.39 bits per heavy atom. The van der Waals surface area contributed by atoms with Crippen molar-refractivity contribution in [2.75, 3.05) is 26.4 Å². The molecule has 1 atom stereocenters. The van der Waals surface area contributed by atoms with Gasteiger partial charge in [0.2, 0.25) is 0 Å². The number of nitrogens with zero attached hydrogens (tertiary/aromatic N) is 1. The van der Waals surface area contributed by atoms with Gasteiger partial charge < -0.3 is 14.8 Å². The molecule has 0 radical (unpaired) electrons. The van der Waals surface area contributed by atoms with Crippen LogP contribution in [0.1, 0.15) is 5.56 Å². The molecule has 0 saturated carbocycles. The Balaban J connectivity index is 1.84. The third kappa shape index (κ3) is 3.49. The summed E-state index contributed by atoms with van der Waals surface area (Å²) in [6, 6.07) is 6.73. The lowest BCUT2D eigenvalue weighted by Crippen LogP contribution is -2.37. The molecule has 6 nitrogen and oxygen atoms in total. The Hall–Kier alpha value is -1.50. The second-order valence-corrected chi connectivity index (χ2v) is 4.08. The van der Waals surface area contributed by atoms with E-state index in [2.05, 4.69) is 5.32 Å². The molecular formula is C12H16N2O4. The van der Waals surface area contributed by atoms with E-state index in [0.29, 0.717) is 38.5 Å². The molecule has 1 aliphatic rings. The molecule has 2 rings (SSSR count). The minimum Gasteiger partial charge on any atom is -0.376 e. The number of benzene rings is 1. The topological polar surface area (TPSA) is 73.6 Å². The van der Waals surface area contributed by atoms with Gasteiger partial charge in [-0.05, 0) is 0 Å². The Morgan fingerprint density at radius 2 is 2.22 bits per heavy atom. The highest BCUT2D eigenvalue weighted by molar-refractivity contribution is 5.39. The van der Waals surface area contributed by atoms with Crippen molar-refractivity contribution >= 4 is 5.69 Å². The molecule has 1 fully saturated rings. The fourth-order valence-corrected chi connectivity index (χ4v) is 1.86. The second-order valence-electron chi connectivity index (χ2n) is 4.08. The zero-order valence-electron chi connectivity index (χ0n) is 10.0. The number of nitro groups is 1. The summed E-state index contributed by atoms with van der Waals surface area (Å²) in [4.78, 5) is 10.5. The molecule has 98 valence electrons. The summed E-state index contributed by atoms with van der Waals surface area (Å²) in [5.74, 6) is 0. The number of nitrogens with one attached hydrogen (secondary N) is 1. The highest BCUT2D eigenvalue weighted by Gasteiger charge is 2.15. The highest BCUT2D eigenvalue weighted by atomic mass is 16.6. The largest absolute Gasteiger partial charge is 0.376 e. The van der Waals surface area contributed by atoms with Crippen molar-refractivity contribution in [3.05, 3.63) is 39.9 Å². The highest BCUT2D eigenvalue weighted by Crippen LogP contribution is 2.17. The molecule has 1 aromatic carbocycles. The van der Waals surface area contributed by atoms with Gasteiger partial charge in [0, 0.05) is 24.7 Å². The lowest BCUT2D eigenvalue weighted by molar-refractivity contribution is -0.385. The number of nitro benzene ring substituents is 1. The van der Waals surface area contributed by atoms with Gasteiger partial charge in [-0.25, -0.2) is 0 Å². The average Bonchev–Trinajstić information content (AvgIpc) is 2.40. The molecule has 0 aromatic heterocycles. The molecule has 0 bridgehead atoms. The Labute approximate surface area is 105 Å². The van der Waals surface area contributed by atoms with Gasteiger partial charge >= 0.3 is 0 Å². The summed E-state index contributed by atoms with van der Waals surface area (Å²) >= 11 is 0. The summed E-state index contributed by atoms with van der Waals surface area (Å²) in [5.41, 5.74) is 0.824. The Bertz CT molecular complexity index is 405. The molecule has 1 N–H and O–H groups in total. The molecule has 1 unspecified atom stereocenters. The van der Waals surface area contributed by atoms with Crippen molar-refractivity contribution in [1.82, 2.24) is 5.32 Å². The summed E-state index contributed by atoms with van der Waals surface area (Å²) in [6.07, 6.45) is 0.0292. The van der Waals surface area contributed by atoms with Crippen molar-refractivity contribution in [3.8, 4) is 0 Å². The molecular weight excluding hydrogens is 236 g/mol. The van der Waals surface area contributed by atoms with Crippen LogP contribution in [0.25, 0.3) is 0 Å². The lowest BCUT2D eigenvalue weighted by atomic mass is 10.2. The van der Waals surface area contributed by atoms with Gasteiger partial charge in [-0.2, -0.15) is 0 Å². The predicted octanol–water partition coefficient (Wildman–Crippen LogP) is 1.10. The summed E-state index contributed by atoms with van der Waals surface area (Å²) < 4.78 is 10.7. The van der Waals surface area contributed by atoms with E-state index in [4.69, 9.17) is 9.47 Å². The van der Waals surface area contributed by atoms with E-state index in [1.165, 1.54) is 6.07 Å². The van der Waals surface area contributed by atoms with Gasteiger partial charge in [-0.1, -0.05) is 18.2 Å². The van der Waals surface area contributed by atoms with Crippen LogP contribution in [0, 0.1) is 10.1 Å². The number of hydrogen-bond acceptors (Lipinski definition) is 5. The number of para-hydroxylation sites is 1. The summed E-state index contributed by atoms with van der Waals surface area (Å²) in [6.45, 7) is 2.91. The Kier molecular flexibility index (Phi) is 4.63. The smallest absolute Gasteiger partial charge is 0.273 e. The number of hydrogen-bond donors (Lipinski definition) is 1. The van der Waals surface area contributed by atoms with Crippen LogP contribution in [0.3, 0.4) is 0 Å². The van der Waals surface area contributed by atoms with E-state index in [1.54, 1.807) is 18.2 Å². The monoisotopic (exact) mass is 252 g/mol. The van der Waals surface area contributed by atoms with Crippen molar-refractivity contribution in [2.45, 2.75) is 12.6 Å². The standard InChI is InChI=1S/C12H16N2O4/c15-14(16)12-4-2-1-3-10(12)7-13-8-11-9-17-5-6-18-11/h1-4,11,13H,5-9H2. The van der Waals surface area contributed by atoms with Crippen molar-refractivity contribution in [1.29, 1.82) is 0 Å². The normalized spacial score (nSPS) is 19.7. The van der Waals surface area contributed by atoms with Gasteiger partial charge in [-0.3, -0.25) is 10.1 Å². The molecule has 0 aliphatic carbocycles. The van der Waals surface area contributed by atoms with Crippen molar-refractivity contribution in [2.24, 2.45) is 0 Å². The van der Waals surface area contributed by atoms with Crippen LogP contribution in [-0.4, -0.2) is 37.4 Å². The van der Waals surface area contributed by atoms with Gasteiger partial charge in [0.15, 0.2) is 0 Å². The first-order valence-electron chi connectivity index (χ1n) is 5.89. The SMILES string of the molecule is O=[N+]([O-])c1ccccc1CNCC1COCCO1. The quantitative estimate of drug-likeness (QED) is 0.627. The number of ether oxygens (including phenoxy) is 2. The van der Waals surface area contributed by atoms with Crippen LogP contribution in [0.15, 0.2) is 24.3 Å². The van der Waals surface area contributed by atoms with Crippen molar-refractivity contribution < 1.29 is 14.4 Å². The van der Waals surface area contributed by atoms with Crippen LogP contribution in [0.5, 0.6) is 0 Å². The first kappa shape index (κ1) is 12.9. The second kappa shape index (κ2) is 6.44. The molecule has 18 heavy (non-hydrogen) atoms. The van der Waals surface area contributed by atoms with Crippen LogP contribution in [0.4, 0.5) is 5.69 Å². The molecule has 6 heteroatoms. The molecule has 0 amide bonds. The minimum atomic E-state index is -0.364. The average molecular weight is 252 g/mol. The number of rotatable bonds is 5. The van der Waals surface area contributed by atoms with E-state index in [9.17, 15) is 10.1 Å². The summed E-state index contributed by atoms with van der Waals surface area (Å²) in [5, 5.41) is 14.0. The zero-order chi connectivity index (χ0) is 12.8. The van der Waals surface area contributed by atoms with Crippen LogP contribution < -0.4 is 5.32 Å². The van der Waals surface area contributed by atoms with E-state index < -0.39 is 0 Å². The maximum absolute atomic E-state index is 10.8. The maximum Gasteiger partial charge on any atom is 0.273 e. The maximum atomic E-state index is 10.8. The third-order valence-electron chi connectivity index (χ3n) is 2.76. The van der Waals surface area contributed by atoms with Crippen LogP contribution in [0.2, 0.25) is 0 Å². The molecule has 1 aromatic rings. The molecule has 0 spiro atoms. The third-order valence-corrected chi connectivity index (χ3v) is 2.76.